The van der Waals surface area contributed by atoms with Crippen LogP contribution in [-0.2, 0) is 6.18 Å². The van der Waals surface area contributed by atoms with Crippen LogP contribution in [0, 0.1) is 0 Å². The van der Waals surface area contributed by atoms with Gasteiger partial charge in [-0.3, -0.25) is 0 Å². The molecule has 3 aromatic rings. The molecular weight excluding hydrogens is 357 g/mol. The number of benzene rings is 2. The first-order valence-electron chi connectivity index (χ1n) is 6.44. The van der Waals surface area contributed by atoms with Gasteiger partial charge in [0.15, 0.2) is 5.69 Å². The molecule has 0 amide bonds. The summed E-state index contributed by atoms with van der Waals surface area (Å²) in [4.78, 5) is 0. The predicted molar refractivity (Wildman–Crippen MR) is 81.7 cm³/mol. The maximum absolute atomic E-state index is 13.0. The van der Waals surface area contributed by atoms with Gasteiger partial charge in [0.25, 0.3) is 0 Å². The smallest absolute Gasteiger partial charge is 0.233 e. The van der Waals surface area contributed by atoms with Crippen LogP contribution in [0.2, 0.25) is 0 Å². The van der Waals surface area contributed by atoms with Gasteiger partial charge in [0.1, 0.15) is 0 Å². The van der Waals surface area contributed by atoms with Gasteiger partial charge in [-0.1, -0.05) is 46.3 Å². The van der Waals surface area contributed by atoms with E-state index in [0.29, 0.717) is 16.9 Å². The Labute approximate surface area is 133 Å². The van der Waals surface area contributed by atoms with E-state index in [4.69, 9.17) is 0 Å². The Balaban J connectivity index is 2.19. The highest BCUT2D eigenvalue weighted by Gasteiger charge is 2.35. The molecule has 2 aromatic carbocycles. The van der Waals surface area contributed by atoms with E-state index in [-0.39, 0.29) is 0 Å². The summed E-state index contributed by atoms with van der Waals surface area (Å²) < 4.78 is 41.2. The molecule has 0 bridgehead atoms. The zero-order valence-electron chi connectivity index (χ0n) is 11.2. The number of halogens is 4. The number of hydrogen-bond acceptors (Lipinski definition) is 1. The maximum atomic E-state index is 13.0. The molecule has 1 aromatic heterocycles. The third-order valence-electron chi connectivity index (χ3n) is 3.14. The van der Waals surface area contributed by atoms with Gasteiger partial charge in [0, 0.05) is 10.0 Å². The van der Waals surface area contributed by atoms with Crippen molar-refractivity contribution in [1.82, 2.24) is 9.78 Å². The molecule has 3 rings (SSSR count). The molecule has 112 valence electrons. The largest absolute Gasteiger partial charge is 0.435 e. The molecule has 0 unspecified atom stereocenters. The van der Waals surface area contributed by atoms with Crippen LogP contribution in [0.5, 0.6) is 0 Å². The molecule has 0 atom stereocenters. The van der Waals surface area contributed by atoms with E-state index in [2.05, 4.69) is 21.0 Å². The fourth-order valence-electron chi connectivity index (χ4n) is 2.11. The molecule has 0 N–H and O–H groups in total. The fraction of sp³-hybridized carbons (Fsp3) is 0.0625. The topological polar surface area (TPSA) is 17.8 Å². The van der Waals surface area contributed by atoms with Crippen molar-refractivity contribution >= 4 is 15.9 Å². The SMILES string of the molecule is FC(F)(F)c1cc(-c2ccc(Br)cc2)n(-c2ccccc2)n1. The summed E-state index contributed by atoms with van der Waals surface area (Å²) in [6.07, 6.45) is -4.48. The Bertz CT molecular complexity index is 777. The second kappa shape index (κ2) is 5.61. The van der Waals surface area contributed by atoms with Crippen LogP contribution in [0.4, 0.5) is 13.2 Å². The molecule has 0 saturated carbocycles. The van der Waals surface area contributed by atoms with Gasteiger partial charge in [0.05, 0.1) is 11.4 Å². The number of hydrogen-bond donors (Lipinski definition) is 0. The van der Waals surface area contributed by atoms with Crippen LogP contribution in [0.15, 0.2) is 65.1 Å². The van der Waals surface area contributed by atoms with E-state index in [1.165, 1.54) is 4.68 Å². The molecule has 0 spiro atoms. The Morgan fingerprint density at radius 3 is 2.14 bits per heavy atom. The standard InChI is InChI=1S/C16H10BrF3N2/c17-12-8-6-11(7-9-12)14-10-15(16(18,19)20)21-22(14)13-4-2-1-3-5-13/h1-10H. The van der Waals surface area contributed by atoms with Crippen molar-refractivity contribution in [1.29, 1.82) is 0 Å². The minimum atomic E-state index is -4.48. The first-order valence-corrected chi connectivity index (χ1v) is 7.23. The lowest BCUT2D eigenvalue weighted by Crippen LogP contribution is -2.07. The summed E-state index contributed by atoms with van der Waals surface area (Å²) >= 11 is 3.32. The lowest BCUT2D eigenvalue weighted by atomic mass is 10.1. The zero-order chi connectivity index (χ0) is 15.7. The number of rotatable bonds is 2. The minimum absolute atomic E-state index is 0.394. The van der Waals surface area contributed by atoms with Crippen LogP contribution in [0.3, 0.4) is 0 Å². The molecule has 2 nitrogen and oxygen atoms in total. The second-order valence-electron chi connectivity index (χ2n) is 4.67. The fourth-order valence-corrected chi connectivity index (χ4v) is 2.38. The van der Waals surface area contributed by atoms with Crippen molar-refractivity contribution in [2.45, 2.75) is 6.18 Å². The van der Waals surface area contributed by atoms with Crippen molar-refractivity contribution in [2.75, 3.05) is 0 Å². The number of aromatic nitrogens is 2. The molecule has 6 heteroatoms. The summed E-state index contributed by atoms with van der Waals surface area (Å²) in [5.74, 6) is 0. The molecular formula is C16H10BrF3N2. The zero-order valence-corrected chi connectivity index (χ0v) is 12.8. The number of nitrogens with zero attached hydrogens (tertiary/aromatic N) is 2. The van der Waals surface area contributed by atoms with Crippen LogP contribution >= 0.6 is 15.9 Å². The van der Waals surface area contributed by atoms with Gasteiger partial charge in [-0.15, -0.1) is 0 Å². The van der Waals surface area contributed by atoms with Crippen LogP contribution in [0.25, 0.3) is 16.9 Å². The Morgan fingerprint density at radius 1 is 0.909 bits per heavy atom. The number of alkyl halides is 3. The molecule has 22 heavy (non-hydrogen) atoms. The van der Waals surface area contributed by atoms with Gasteiger partial charge in [0.2, 0.25) is 0 Å². The van der Waals surface area contributed by atoms with Gasteiger partial charge in [-0.25, -0.2) is 4.68 Å². The highest BCUT2D eigenvalue weighted by Crippen LogP contribution is 2.33. The first kappa shape index (κ1) is 14.8. The Hall–Kier alpha value is -2.08. The average molecular weight is 367 g/mol. The summed E-state index contributed by atoms with van der Waals surface area (Å²) in [6, 6.07) is 16.9. The first-order chi connectivity index (χ1) is 10.4. The van der Waals surface area contributed by atoms with Crippen molar-refractivity contribution in [3.8, 4) is 16.9 Å². The van der Waals surface area contributed by atoms with Gasteiger partial charge in [-0.05, 0) is 30.3 Å². The molecule has 0 fully saturated rings. The molecule has 1 heterocycles. The second-order valence-corrected chi connectivity index (χ2v) is 5.58. The van der Waals surface area contributed by atoms with Crippen LogP contribution in [0.1, 0.15) is 5.69 Å². The lowest BCUT2D eigenvalue weighted by Gasteiger charge is -2.07. The van der Waals surface area contributed by atoms with Crippen molar-refractivity contribution < 1.29 is 13.2 Å². The molecule has 0 aliphatic rings. The summed E-state index contributed by atoms with van der Waals surface area (Å²) in [5, 5.41) is 3.73. The molecule has 0 radical (unpaired) electrons. The molecule has 0 saturated heterocycles. The van der Waals surface area contributed by atoms with Crippen molar-refractivity contribution in [3.05, 3.63) is 70.8 Å². The highest BCUT2D eigenvalue weighted by atomic mass is 79.9. The molecule has 0 aliphatic carbocycles. The molecule has 0 aliphatic heterocycles. The van der Waals surface area contributed by atoms with E-state index in [9.17, 15) is 13.2 Å². The van der Waals surface area contributed by atoms with Gasteiger partial charge < -0.3 is 0 Å². The summed E-state index contributed by atoms with van der Waals surface area (Å²) in [6.45, 7) is 0. The lowest BCUT2D eigenvalue weighted by molar-refractivity contribution is -0.141. The van der Waals surface area contributed by atoms with E-state index in [1.54, 1.807) is 54.6 Å². The Morgan fingerprint density at radius 2 is 1.55 bits per heavy atom. The third-order valence-corrected chi connectivity index (χ3v) is 3.67. The van der Waals surface area contributed by atoms with E-state index >= 15 is 0 Å². The van der Waals surface area contributed by atoms with Gasteiger partial charge >= 0.3 is 6.18 Å². The number of para-hydroxylation sites is 1. The predicted octanol–water partition coefficient (Wildman–Crippen LogP) is 5.32. The summed E-state index contributed by atoms with van der Waals surface area (Å²) in [5.41, 5.74) is 0.728. The third kappa shape index (κ3) is 2.92. The van der Waals surface area contributed by atoms with E-state index in [1.807, 2.05) is 0 Å². The summed E-state index contributed by atoms with van der Waals surface area (Å²) in [7, 11) is 0. The minimum Gasteiger partial charge on any atom is -0.233 e. The Kier molecular flexibility index (Phi) is 3.78. The van der Waals surface area contributed by atoms with Crippen molar-refractivity contribution in [3.63, 3.8) is 0 Å². The van der Waals surface area contributed by atoms with Gasteiger partial charge in [-0.2, -0.15) is 18.3 Å². The van der Waals surface area contributed by atoms with E-state index < -0.39 is 11.9 Å². The van der Waals surface area contributed by atoms with Crippen LogP contribution in [-0.4, -0.2) is 9.78 Å². The average Bonchev–Trinajstić information content (AvgIpc) is 2.94. The monoisotopic (exact) mass is 366 g/mol. The van der Waals surface area contributed by atoms with Crippen molar-refractivity contribution in [2.24, 2.45) is 0 Å². The van der Waals surface area contributed by atoms with E-state index in [0.717, 1.165) is 10.5 Å². The van der Waals surface area contributed by atoms with Crippen LogP contribution < -0.4 is 0 Å². The maximum Gasteiger partial charge on any atom is 0.435 e. The highest BCUT2D eigenvalue weighted by molar-refractivity contribution is 9.10. The quantitative estimate of drug-likeness (QED) is 0.600. The normalized spacial score (nSPS) is 11.6.